The smallest absolute Gasteiger partial charge is 0.306 e. The van der Waals surface area contributed by atoms with E-state index in [0.717, 1.165) is 10.0 Å². The third-order valence-electron chi connectivity index (χ3n) is 4.79. The minimum absolute atomic E-state index is 0.0109. The molecule has 0 fully saturated rings. The van der Waals surface area contributed by atoms with Crippen LogP contribution in [0.15, 0.2) is 94.3 Å². The molecule has 0 saturated carbocycles. The van der Waals surface area contributed by atoms with E-state index < -0.39 is 21.9 Å². The third-order valence-corrected chi connectivity index (χ3v) is 6.76. The van der Waals surface area contributed by atoms with E-state index in [2.05, 4.69) is 20.7 Å². The molecule has 1 N–H and O–H groups in total. The van der Waals surface area contributed by atoms with E-state index in [-0.39, 0.29) is 30.3 Å². The van der Waals surface area contributed by atoms with Gasteiger partial charge in [-0.3, -0.25) is 9.59 Å². The number of ether oxygens (including phenoxy) is 1. The van der Waals surface area contributed by atoms with Gasteiger partial charge in [-0.25, -0.2) is 13.1 Å². The molecule has 32 heavy (non-hydrogen) atoms. The van der Waals surface area contributed by atoms with Gasteiger partial charge in [-0.2, -0.15) is 0 Å². The van der Waals surface area contributed by atoms with Crippen LogP contribution in [0.5, 0.6) is 0 Å². The quantitative estimate of drug-likeness (QED) is 0.320. The van der Waals surface area contributed by atoms with Crippen molar-refractivity contribution in [1.82, 2.24) is 4.72 Å². The van der Waals surface area contributed by atoms with Crippen molar-refractivity contribution >= 4 is 37.7 Å². The van der Waals surface area contributed by atoms with Crippen molar-refractivity contribution in [1.29, 1.82) is 0 Å². The summed E-state index contributed by atoms with van der Waals surface area (Å²) in [6.07, 6.45) is -0.0745. The fourth-order valence-electron chi connectivity index (χ4n) is 3.05. The SMILES string of the molecule is O=C(CC(CNS(=O)(=O)c1ccccc1)c1ccccc1)OCC(=O)c1ccc(Br)cc1. The van der Waals surface area contributed by atoms with Crippen molar-refractivity contribution in [3.8, 4) is 0 Å². The molecule has 0 spiro atoms. The van der Waals surface area contributed by atoms with Gasteiger partial charge in [0.2, 0.25) is 10.0 Å². The highest BCUT2D eigenvalue weighted by Gasteiger charge is 2.22. The van der Waals surface area contributed by atoms with Gasteiger partial charge in [0.25, 0.3) is 0 Å². The van der Waals surface area contributed by atoms with Gasteiger partial charge in [-0.05, 0) is 29.8 Å². The molecule has 0 aliphatic rings. The Hall–Kier alpha value is -2.81. The van der Waals surface area contributed by atoms with Crippen molar-refractivity contribution in [2.75, 3.05) is 13.2 Å². The lowest BCUT2D eigenvalue weighted by molar-refractivity contribution is -0.142. The van der Waals surface area contributed by atoms with Crippen molar-refractivity contribution in [2.24, 2.45) is 0 Å². The monoisotopic (exact) mass is 515 g/mol. The Bertz CT molecular complexity index is 1150. The Labute approximate surface area is 195 Å². The topological polar surface area (TPSA) is 89.5 Å². The number of hydrogen-bond acceptors (Lipinski definition) is 5. The number of Topliss-reactive ketones (excluding diaryl/α,β-unsaturated/α-hetero) is 1. The number of carbonyl (C=O) groups is 2. The lowest BCUT2D eigenvalue weighted by Crippen LogP contribution is -2.30. The maximum Gasteiger partial charge on any atom is 0.306 e. The number of hydrogen-bond donors (Lipinski definition) is 1. The summed E-state index contributed by atoms with van der Waals surface area (Å²) in [4.78, 5) is 24.8. The molecule has 3 rings (SSSR count). The van der Waals surface area contributed by atoms with E-state index in [0.29, 0.717) is 5.56 Å². The normalized spacial score (nSPS) is 12.2. The fourth-order valence-corrected chi connectivity index (χ4v) is 4.42. The molecule has 3 aromatic carbocycles. The predicted molar refractivity (Wildman–Crippen MR) is 125 cm³/mol. The molecule has 0 aromatic heterocycles. The lowest BCUT2D eigenvalue weighted by Gasteiger charge is -2.18. The molecule has 0 amide bonds. The van der Waals surface area contributed by atoms with Gasteiger partial charge in [0.1, 0.15) is 0 Å². The van der Waals surface area contributed by atoms with Crippen LogP contribution in [0, 0.1) is 0 Å². The maximum atomic E-state index is 12.6. The van der Waals surface area contributed by atoms with Gasteiger partial charge in [0.05, 0.1) is 11.3 Å². The largest absolute Gasteiger partial charge is 0.457 e. The standard InChI is InChI=1S/C24H22BrNO5S/c25-21-13-11-19(12-14-21)23(27)17-31-24(28)15-20(18-7-3-1-4-8-18)16-26-32(29,30)22-9-5-2-6-10-22/h1-14,20,26H,15-17H2. The molecular weight excluding hydrogens is 494 g/mol. The minimum atomic E-state index is -3.72. The van der Waals surface area contributed by atoms with Crippen LogP contribution in [0.4, 0.5) is 0 Å². The fraction of sp³-hybridized carbons (Fsp3) is 0.167. The molecule has 0 radical (unpaired) electrons. The molecule has 0 saturated heterocycles. The number of esters is 1. The summed E-state index contributed by atoms with van der Waals surface area (Å²) >= 11 is 3.30. The molecule has 6 nitrogen and oxygen atoms in total. The Balaban J connectivity index is 1.63. The first-order chi connectivity index (χ1) is 15.3. The van der Waals surface area contributed by atoms with Gasteiger partial charge in [-0.15, -0.1) is 0 Å². The molecule has 1 unspecified atom stereocenters. The Kier molecular flexibility index (Phi) is 8.33. The Morgan fingerprint density at radius 3 is 2.09 bits per heavy atom. The molecule has 0 aliphatic carbocycles. The van der Waals surface area contributed by atoms with Gasteiger partial charge in [0.15, 0.2) is 12.4 Å². The van der Waals surface area contributed by atoms with Gasteiger partial charge < -0.3 is 4.74 Å². The van der Waals surface area contributed by atoms with Crippen LogP contribution in [-0.2, 0) is 19.6 Å². The van der Waals surface area contributed by atoms with Crippen LogP contribution in [0.2, 0.25) is 0 Å². The molecule has 3 aromatic rings. The first-order valence-corrected chi connectivity index (χ1v) is 12.2. The third kappa shape index (κ3) is 6.85. The van der Waals surface area contributed by atoms with Gasteiger partial charge >= 0.3 is 5.97 Å². The Morgan fingerprint density at radius 1 is 0.875 bits per heavy atom. The summed E-state index contributed by atoms with van der Waals surface area (Å²) < 4.78 is 33.7. The number of nitrogens with one attached hydrogen (secondary N) is 1. The van der Waals surface area contributed by atoms with E-state index in [1.807, 2.05) is 30.3 Å². The summed E-state index contributed by atoms with van der Waals surface area (Å²) in [5.74, 6) is -1.35. The first kappa shape index (κ1) is 23.8. The van der Waals surface area contributed by atoms with Gasteiger partial charge in [-0.1, -0.05) is 76.6 Å². The van der Waals surface area contributed by atoms with Crippen molar-refractivity contribution in [3.63, 3.8) is 0 Å². The summed E-state index contributed by atoms with van der Waals surface area (Å²) in [7, 11) is -3.72. The highest BCUT2D eigenvalue weighted by Crippen LogP contribution is 2.21. The molecule has 0 aliphatic heterocycles. The van der Waals surface area contributed by atoms with E-state index in [4.69, 9.17) is 4.74 Å². The second kappa shape index (κ2) is 11.2. The van der Waals surface area contributed by atoms with Crippen molar-refractivity contribution in [2.45, 2.75) is 17.2 Å². The molecule has 166 valence electrons. The van der Waals surface area contributed by atoms with Crippen LogP contribution in [-0.4, -0.2) is 33.3 Å². The summed E-state index contributed by atoms with van der Waals surface area (Å²) in [6.45, 7) is -0.366. The Morgan fingerprint density at radius 2 is 1.47 bits per heavy atom. The average Bonchev–Trinajstić information content (AvgIpc) is 2.82. The summed E-state index contributed by atoms with van der Waals surface area (Å²) in [5, 5.41) is 0. The second-order valence-corrected chi connectivity index (χ2v) is 9.75. The van der Waals surface area contributed by atoms with Crippen LogP contribution >= 0.6 is 15.9 Å². The molecule has 0 heterocycles. The molecule has 1 atom stereocenters. The lowest BCUT2D eigenvalue weighted by atomic mass is 9.96. The van der Waals surface area contributed by atoms with Crippen LogP contribution < -0.4 is 4.72 Å². The first-order valence-electron chi connectivity index (χ1n) is 9.89. The number of halogens is 1. The van der Waals surface area contributed by atoms with E-state index in [1.54, 1.807) is 42.5 Å². The van der Waals surface area contributed by atoms with E-state index in [9.17, 15) is 18.0 Å². The van der Waals surface area contributed by atoms with Gasteiger partial charge in [0, 0.05) is 22.5 Å². The number of benzene rings is 3. The van der Waals surface area contributed by atoms with E-state index in [1.165, 1.54) is 12.1 Å². The zero-order chi connectivity index (χ0) is 23.0. The molecule has 0 bridgehead atoms. The van der Waals surface area contributed by atoms with Crippen LogP contribution in [0.1, 0.15) is 28.3 Å². The van der Waals surface area contributed by atoms with E-state index >= 15 is 0 Å². The maximum absolute atomic E-state index is 12.6. The van der Waals surface area contributed by atoms with Crippen LogP contribution in [0.3, 0.4) is 0 Å². The zero-order valence-corrected chi connectivity index (χ0v) is 19.5. The zero-order valence-electron chi connectivity index (χ0n) is 17.1. The number of sulfonamides is 1. The molecular formula is C24H22BrNO5S. The predicted octanol–water partition coefficient (Wildman–Crippen LogP) is 4.33. The highest BCUT2D eigenvalue weighted by atomic mass is 79.9. The average molecular weight is 516 g/mol. The number of carbonyl (C=O) groups excluding carboxylic acids is 2. The number of rotatable bonds is 10. The minimum Gasteiger partial charge on any atom is -0.457 e. The summed E-state index contributed by atoms with van der Waals surface area (Å²) in [5.41, 5.74) is 1.23. The summed E-state index contributed by atoms with van der Waals surface area (Å²) in [6, 6.07) is 23.9. The second-order valence-electron chi connectivity index (χ2n) is 7.07. The molecule has 8 heteroatoms. The van der Waals surface area contributed by atoms with Crippen molar-refractivity contribution < 1.29 is 22.7 Å². The number of ketones is 1. The van der Waals surface area contributed by atoms with Crippen LogP contribution in [0.25, 0.3) is 0 Å². The van der Waals surface area contributed by atoms with Crippen molar-refractivity contribution in [3.05, 3.63) is 101 Å². The highest BCUT2D eigenvalue weighted by molar-refractivity contribution is 9.10.